The predicted molar refractivity (Wildman–Crippen MR) is 67.2 cm³/mol. The van der Waals surface area contributed by atoms with Gasteiger partial charge in [-0.25, -0.2) is 4.79 Å². The molecule has 0 spiro atoms. The largest absolute Gasteiger partial charge is 0.449 e. The van der Waals surface area contributed by atoms with Gasteiger partial charge in [0.2, 0.25) is 0 Å². The molecule has 1 aliphatic rings. The number of carbonyl (C=O) groups excluding carboxylic acids is 1. The van der Waals surface area contributed by atoms with Crippen LogP contribution in [-0.2, 0) is 4.74 Å². The number of halogens is 2. The zero-order valence-corrected chi connectivity index (χ0v) is 10.7. The minimum Gasteiger partial charge on any atom is -0.449 e. The molecule has 1 saturated heterocycles. The third-order valence-electron chi connectivity index (χ3n) is 2.50. The monoisotopic (exact) mass is 292 g/mol. The average Bonchev–Trinajstić information content (AvgIpc) is 2.29. The first kappa shape index (κ1) is 14.5. The second kappa shape index (κ2) is 5.88. The molecule has 8 heteroatoms. The van der Waals surface area contributed by atoms with Crippen molar-refractivity contribution in [1.29, 1.82) is 0 Å². The molecule has 0 aliphatic carbocycles. The molecule has 1 amide bonds. The van der Waals surface area contributed by atoms with Crippen molar-refractivity contribution in [2.45, 2.75) is 12.5 Å². The molecule has 0 unspecified atom stereocenters. The van der Waals surface area contributed by atoms with Gasteiger partial charge in [0.25, 0.3) is 5.69 Å². The van der Waals surface area contributed by atoms with Gasteiger partial charge >= 0.3 is 6.09 Å². The summed E-state index contributed by atoms with van der Waals surface area (Å²) in [6.45, 7) is 0.273. The number of nitro groups is 1. The molecule has 0 bridgehead atoms. The van der Waals surface area contributed by atoms with E-state index in [2.05, 4.69) is 5.32 Å². The van der Waals surface area contributed by atoms with Gasteiger partial charge in [0, 0.05) is 29.1 Å². The zero-order valence-electron chi connectivity index (χ0n) is 9.09. The van der Waals surface area contributed by atoms with E-state index in [4.69, 9.17) is 16.3 Å². The topological polar surface area (TPSA) is 81.5 Å². The summed E-state index contributed by atoms with van der Waals surface area (Å²) < 4.78 is 4.72. The number of carbonyl (C=O) groups is 1. The lowest BCUT2D eigenvalue weighted by Crippen LogP contribution is -2.35. The van der Waals surface area contributed by atoms with Crippen LogP contribution in [0.1, 0.15) is 18.0 Å². The van der Waals surface area contributed by atoms with Crippen LogP contribution in [0.25, 0.3) is 0 Å². The smallest absolute Gasteiger partial charge is 0.407 e. The van der Waals surface area contributed by atoms with Crippen LogP contribution in [0.2, 0.25) is 5.02 Å². The van der Waals surface area contributed by atoms with Gasteiger partial charge in [0.1, 0.15) is 0 Å². The molecule has 1 aromatic rings. The standard InChI is InChI=1S/C10H9ClN2O4.ClH/c11-8-2-1-6(13(15)16)5-7(8)9-3-4-17-10(14)12-9;/h1-2,5,9H,3-4H2,(H,12,14);1H/t9-;/m1./s1. The van der Waals surface area contributed by atoms with Crippen molar-refractivity contribution in [2.75, 3.05) is 6.61 Å². The van der Waals surface area contributed by atoms with Crippen LogP contribution in [-0.4, -0.2) is 17.6 Å². The summed E-state index contributed by atoms with van der Waals surface area (Å²) in [5, 5.41) is 13.6. The Hall–Kier alpha value is -1.53. The van der Waals surface area contributed by atoms with E-state index in [1.807, 2.05) is 0 Å². The summed E-state index contributed by atoms with van der Waals surface area (Å²) in [4.78, 5) is 21.2. The first-order valence-corrected chi connectivity index (χ1v) is 5.33. The second-order valence-electron chi connectivity index (χ2n) is 3.58. The fraction of sp³-hybridized carbons (Fsp3) is 0.300. The number of hydrogen-bond donors (Lipinski definition) is 1. The van der Waals surface area contributed by atoms with Crippen LogP contribution in [0, 0.1) is 10.1 Å². The van der Waals surface area contributed by atoms with Crippen molar-refractivity contribution in [1.82, 2.24) is 5.32 Å². The summed E-state index contributed by atoms with van der Waals surface area (Å²) in [5.41, 5.74) is 0.489. The van der Waals surface area contributed by atoms with Crippen LogP contribution in [0.4, 0.5) is 10.5 Å². The van der Waals surface area contributed by atoms with Crippen LogP contribution < -0.4 is 5.32 Å². The third kappa shape index (κ3) is 3.02. The molecule has 6 nitrogen and oxygen atoms in total. The number of hydrogen-bond acceptors (Lipinski definition) is 4. The van der Waals surface area contributed by atoms with E-state index in [1.165, 1.54) is 18.2 Å². The van der Waals surface area contributed by atoms with Crippen LogP contribution >= 0.6 is 24.0 Å². The summed E-state index contributed by atoms with van der Waals surface area (Å²) in [5.74, 6) is 0. The lowest BCUT2D eigenvalue weighted by atomic mass is 10.0. The Kier molecular flexibility index (Phi) is 4.75. The lowest BCUT2D eigenvalue weighted by molar-refractivity contribution is -0.384. The summed E-state index contributed by atoms with van der Waals surface area (Å²) in [6, 6.07) is 3.81. The van der Waals surface area contributed by atoms with Crippen molar-refractivity contribution in [3.8, 4) is 0 Å². The molecule has 18 heavy (non-hydrogen) atoms. The maximum atomic E-state index is 11.1. The molecule has 1 N–H and O–H groups in total. The second-order valence-corrected chi connectivity index (χ2v) is 3.99. The Labute approximate surface area is 114 Å². The lowest BCUT2D eigenvalue weighted by Gasteiger charge is -2.24. The first-order valence-electron chi connectivity index (χ1n) is 4.95. The Morgan fingerprint density at radius 2 is 2.22 bits per heavy atom. The Morgan fingerprint density at radius 1 is 1.50 bits per heavy atom. The summed E-state index contributed by atoms with van der Waals surface area (Å²) in [7, 11) is 0. The number of alkyl carbamates (subject to hydrolysis) is 1. The van der Waals surface area contributed by atoms with E-state index < -0.39 is 11.0 Å². The van der Waals surface area contributed by atoms with Crippen LogP contribution in [0.3, 0.4) is 0 Å². The SMILES string of the molecule is Cl.O=C1N[C@@H](c2cc([N+](=O)[O-])ccc2Cl)CCO1. The molecule has 0 saturated carbocycles. The van der Waals surface area contributed by atoms with Gasteiger partial charge in [0.05, 0.1) is 17.6 Å². The van der Waals surface area contributed by atoms with Crippen molar-refractivity contribution >= 4 is 35.8 Å². The normalized spacial score (nSPS) is 18.3. The van der Waals surface area contributed by atoms with Gasteiger partial charge in [-0.05, 0) is 6.07 Å². The number of cyclic esters (lactones) is 1. The highest BCUT2D eigenvalue weighted by molar-refractivity contribution is 6.31. The number of nitrogens with one attached hydrogen (secondary N) is 1. The van der Waals surface area contributed by atoms with Crippen LogP contribution in [0.15, 0.2) is 18.2 Å². The van der Waals surface area contributed by atoms with Crippen LogP contribution in [0.5, 0.6) is 0 Å². The molecule has 1 aromatic carbocycles. The molecule has 0 aromatic heterocycles. The number of nitrogens with zero attached hydrogens (tertiary/aromatic N) is 1. The molecular weight excluding hydrogens is 283 g/mol. The molecule has 1 aliphatic heterocycles. The number of nitro benzene ring substituents is 1. The quantitative estimate of drug-likeness (QED) is 0.671. The molecule has 0 radical (unpaired) electrons. The minimum absolute atomic E-state index is 0. The fourth-order valence-electron chi connectivity index (χ4n) is 1.67. The van der Waals surface area contributed by atoms with Crippen molar-refractivity contribution in [3.05, 3.63) is 38.9 Å². The number of ether oxygens (including phenoxy) is 1. The van der Waals surface area contributed by atoms with E-state index in [-0.39, 0.29) is 30.7 Å². The van der Waals surface area contributed by atoms with Gasteiger partial charge in [-0.2, -0.15) is 0 Å². The summed E-state index contributed by atoms with van der Waals surface area (Å²) >= 11 is 5.97. The van der Waals surface area contributed by atoms with Crippen molar-refractivity contribution in [3.63, 3.8) is 0 Å². The molecule has 1 fully saturated rings. The Bertz CT molecular complexity index is 481. The van der Waals surface area contributed by atoms with Crippen molar-refractivity contribution in [2.24, 2.45) is 0 Å². The van der Waals surface area contributed by atoms with Gasteiger partial charge in [-0.1, -0.05) is 11.6 Å². The fourth-order valence-corrected chi connectivity index (χ4v) is 1.92. The van der Waals surface area contributed by atoms with E-state index in [9.17, 15) is 14.9 Å². The van der Waals surface area contributed by atoms with Gasteiger partial charge in [-0.3, -0.25) is 10.1 Å². The third-order valence-corrected chi connectivity index (χ3v) is 2.84. The highest BCUT2D eigenvalue weighted by Gasteiger charge is 2.24. The number of non-ortho nitro benzene ring substituents is 1. The highest BCUT2D eigenvalue weighted by atomic mass is 35.5. The zero-order chi connectivity index (χ0) is 12.4. The van der Waals surface area contributed by atoms with E-state index in [1.54, 1.807) is 0 Å². The average molecular weight is 293 g/mol. The predicted octanol–water partition coefficient (Wildman–Crippen LogP) is 2.84. The van der Waals surface area contributed by atoms with Crippen molar-refractivity contribution < 1.29 is 14.5 Å². The molecule has 1 heterocycles. The van der Waals surface area contributed by atoms with E-state index in [0.717, 1.165) is 0 Å². The van der Waals surface area contributed by atoms with E-state index >= 15 is 0 Å². The number of rotatable bonds is 2. The van der Waals surface area contributed by atoms with Gasteiger partial charge in [0.15, 0.2) is 0 Å². The summed E-state index contributed by atoms with van der Waals surface area (Å²) in [6.07, 6.45) is -0.00377. The Morgan fingerprint density at radius 3 is 2.83 bits per heavy atom. The maximum Gasteiger partial charge on any atom is 0.407 e. The minimum atomic E-state index is -0.538. The number of amides is 1. The molecule has 98 valence electrons. The van der Waals surface area contributed by atoms with E-state index in [0.29, 0.717) is 17.0 Å². The first-order chi connectivity index (χ1) is 8.08. The van der Waals surface area contributed by atoms with Gasteiger partial charge < -0.3 is 10.1 Å². The molecule has 1 atom stereocenters. The maximum absolute atomic E-state index is 11.1. The van der Waals surface area contributed by atoms with Gasteiger partial charge in [-0.15, -0.1) is 12.4 Å². The number of benzene rings is 1. The molecule has 2 rings (SSSR count). The highest BCUT2D eigenvalue weighted by Crippen LogP contribution is 2.30. The molecular formula is C10H10Cl2N2O4. The Balaban J connectivity index is 0.00000162.